The van der Waals surface area contributed by atoms with Crippen molar-refractivity contribution in [3.05, 3.63) is 71.7 Å². The van der Waals surface area contributed by atoms with Gasteiger partial charge in [0, 0.05) is 40.4 Å². The SMILES string of the molecule is NC(=O)c1cc2cnccc2cc1OCC(=O)c1c[nH]c2cc(C3CC3)ccc12. The number of amides is 1. The molecule has 1 aliphatic rings. The Labute approximate surface area is 166 Å². The fourth-order valence-corrected chi connectivity index (χ4v) is 3.69. The monoisotopic (exact) mass is 385 g/mol. The van der Waals surface area contributed by atoms with E-state index in [0.29, 0.717) is 17.2 Å². The normalized spacial score (nSPS) is 13.7. The number of nitrogens with one attached hydrogen (secondary N) is 1. The van der Waals surface area contributed by atoms with Gasteiger partial charge in [0.15, 0.2) is 6.61 Å². The number of hydrogen-bond donors (Lipinski definition) is 2. The molecule has 1 saturated carbocycles. The second-order valence-corrected chi connectivity index (χ2v) is 7.43. The fraction of sp³-hybridized carbons (Fsp3) is 0.174. The molecule has 144 valence electrons. The van der Waals surface area contributed by atoms with Crippen molar-refractivity contribution in [3.8, 4) is 5.75 Å². The molecule has 0 saturated heterocycles. The largest absolute Gasteiger partial charge is 0.485 e. The maximum Gasteiger partial charge on any atom is 0.252 e. The number of fused-ring (bicyclic) bond motifs is 2. The predicted octanol–water partition coefficient (Wildman–Crippen LogP) is 3.95. The molecule has 2 heterocycles. The van der Waals surface area contributed by atoms with E-state index >= 15 is 0 Å². The minimum absolute atomic E-state index is 0.166. The second kappa shape index (κ2) is 6.74. The van der Waals surface area contributed by atoms with Crippen LogP contribution in [0.1, 0.15) is 45.0 Å². The van der Waals surface area contributed by atoms with Gasteiger partial charge in [-0.2, -0.15) is 0 Å². The molecule has 0 atom stereocenters. The molecule has 0 radical (unpaired) electrons. The quantitative estimate of drug-likeness (QED) is 0.491. The van der Waals surface area contributed by atoms with E-state index in [1.165, 1.54) is 18.4 Å². The molecule has 3 N–H and O–H groups in total. The lowest BCUT2D eigenvalue weighted by Crippen LogP contribution is -2.16. The van der Waals surface area contributed by atoms with Crippen LogP contribution < -0.4 is 10.5 Å². The molecular formula is C23H19N3O3. The van der Waals surface area contributed by atoms with Gasteiger partial charge in [0.05, 0.1) is 5.56 Å². The Balaban J connectivity index is 1.41. The number of nitrogens with zero attached hydrogens (tertiary/aromatic N) is 1. The van der Waals surface area contributed by atoms with E-state index in [9.17, 15) is 9.59 Å². The van der Waals surface area contributed by atoms with Crippen molar-refractivity contribution in [3.63, 3.8) is 0 Å². The first kappa shape index (κ1) is 17.4. The number of H-pyrrole nitrogens is 1. The standard InChI is InChI=1S/C23H19N3O3/c24-23(28)18-7-16-10-25-6-5-15(16)9-22(18)29-12-21(27)19-11-26-20-8-14(13-1-2-13)3-4-17(19)20/h3-11,13,26H,1-2,12H2,(H2,24,28). The van der Waals surface area contributed by atoms with Crippen molar-refractivity contribution < 1.29 is 14.3 Å². The number of aromatic amines is 1. The minimum Gasteiger partial charge on any atom is -0.485 e. The lowest BCUT2D eigenvalue weighted by molar-refractivity contribution is 0.0914. The average molecular weight is 385 g/mol. The number of ether oxygens (including phenoxy) is 1. The molecule has 1 fully saturated rings. The molecule has 0 bridgehead atoms. The van der Waals surface area contributed by atoms with E-state index in [1.807, 2.05) is 12.1 Å². The van der Waals surface area contributed by atoms with Gasteiger partial charge in [0.2, 0.25) is 5.78 Å². The Morgan fingerprint density at radius 3 is 2.76 bits per heavy atom. The van der Waals surface area contributed by atoms with Crippen molar-refractivity contribution >= 4 is 33.4 Å². The van der Waals surface area contributed by atoms with Crippen LogP contribution in [0.4, 0.5) is 0 Å². The average Bonchev–Trinajstić information content (AvgIpc) is 3.50. The van der Waals surface area contributed by atoms with Gasteiger partial charge in [0.1, 0.15) is 5.75 Å². The highest BCUT2D eigenvalue weighted by Crippen LogP contribution is 2.41. The molecule has 1 aliphatic carbocycles. The van der Waals surface area contributed by atoms with E-state index in [1.54, 1.807) is 30.7 Å². The third-order valence-corrected chi connectivity index (χ3v) is 5.42. The number of hydrogen-bond acceptors (Lipinski definition) is 4. The number of Topliss-reactive ketones (excluding diaryl/α,β-unsaturated/α-hetero) is 1. The summed E-state index contributed by atoms with van der Waals surface area (Å²) in [6, 6.07) is 11.4. The number of pyridine rings is 1. The zero-order valence-electron chi connectivity index (χ0n) is 15.6. The molecule has 0 aliphatic heterocycles. The van der Waals surface area contributed by atoms with Crippen molar-refractivity contribution in [1.29, 1.82) is 0 Å². The van der Waals surface area contributed by atoms with E-state index in [4.69, 9.17) is 10.5 Å². The summed E-state index contributed by atoms with van der Waals surface area (Å²) in [5, 5.41) is 2.51. The summed E-state index contributed by atoms with van der Waals surface area (Å²) in [6.07, 6.45) is 7.49. The van der Waals surface area contributed by atoms with E-state index in [-0.39, 0.29) is 18.0 Å². The molecule has 29 heavy (non-hydrogen) atoms. The molecule has 2 aromatic carbocycles. The molecule has 5 rings (SSSR count). The topological polar surface area (TPSA) is 98.1 Å². The van der Waals surface area contributed by atoms with Gasteiger partial charge >= 0.3 is 0 Å². The zero-order valence-corrected chi connectivity index (χ0v) is 15.6. The number of primary amides is 1. The third-order valence-electron chi connectivity index (χ3n) is 5.42. The summed E-state index contributed by atoms with van der Waals surface area (Å²) in [5.41, 5.74) is 8.56. The number of aromatic nitrogens is 2. The number of ketones is 1. The highest BCUT2D eigenvalue weighted by Gasteiger charge is 2.24. The first-order valence-electron chi connectivity index (χ1n) is 9.55. The Bertz CT molecular complexity index is 1270. The smallest absolute Gasteiger partial charge is 0.252 e. The highest BCUT2D eigenvalue weighted by atomic mass is 16.5. The van der Waals surface area contributed by atoms with Gasteiger partial charge in [0.25, 0.3) is 5.91 Å². The van der Waals surface area contributed by atoms with Gasteiger partial charge in [-0.05, 0) is 54.0 Å². The summed E-state index contributed by atoms with van der Waals surface area (Å²) in [6.45, 7) is -0.186. The Morgan fingerprint density at radius 2 is 1.97 bits per heavy atom. The molecule has 6 nitrogen and oxygen atoms in total. The summed E-state index contributed by atoms with van der Waals surface area (Å²) in [4.78, 5) is 31.9. The van der Waals surface area contributed by atoms with Crippen LogP contribution in [-0.2, 0) is 0 Å². The molecule has 0 spiro atoms. The van der Waals surface area contributed by atoms with Crippen molar-refractivity contribution in [1.82, 2.24) is 9.97 Å². The Morgan fingerprint density at radius 1 is 1.10 bits per heavy atom. The Hall–Kier alpha value is -3.67. The summed E-state index contributed by atoms with van der Waals surface area (Å²) in [7, 11) is 0. The van der Waals surface area contributed by atoms with Crippen molar-refractivity contribution in [2.24, 2.45) is 5.73 Å². The Kier molecular flexibility index (Phi) is 4.05. The van der Waals surface area contributed by atoms with Gasteiger partial charge in [-0.15, -0.1) is 0 Å². The van der Waals surface area contributed by atoms with E-state index < -0.39 is 5.91 Å². The second-order valence-electron chi connectivity index (χ2n) is 7.43. The lowest BCUT2D eigenvalue weighted by Gasteiger charge is -2.10. The van der Waals surface area contributed by atoms with Gasteiger partial charge in [-0.25, -0.2) is 0 Å². The molecule has 4 aromatic rings. The lowest BCUT2D eigenvalue weighted by atomic mass is 10.1. The van der Waals surface area contributed by atoms with Crippen LogP contribution in [0, 0.1) is 0 Å². The summed E-state index contributed by atoms with van der Waals surface area (Å²) in [5.74, 6) is 0.166. The van der Waals surface area contributed by atoms with Crippen LogP contribution in [-0.4, -0.2) is 28.3 Å². The molecule has 2 aromatic heterocycles. The van der Waals surface area contributed by atoms with Gasteiger partial charge < -0.3 is 15.5 Å². The number of carbonyl (C=O) groups is 2. The third kappa shape index (κ3) is 3.23. The number of carbonyl (C=O) groups excluding carboxylic acids is 2. The zero-order chi connectivity index (χ0) is 20.0. The van der Waals surface area contributed by atoms with Crippen LogP contribution in [0.5, 0.6) is 5.75 Å². The van der Waals surface area contributed by atoms with Crippen LogP contribution in [0.25, 0.3) is 21.7 Å². The maximum atomic E-state index is 12.8. The first-order chi connectivity index (χ1) is 14.1. The van der Waals surface area contributed by atoms with E-state index in [2.05, 4.69) is 22.1 Å². The predicted molar refractivity (Wildman–Crippen MR) is 110 cm³/mol. The van der Waals surface area contributed by atoms with Crippen molar-refractivity contribution in [2.45, 2.75) is 18.8 Å². The first-order valence-corrected chi connectivity index (χ1v) is 9.55. The highest BCUT2D eigenvalue weighted by molar-refractivity contribution is 6.09. The minimum atomic E-state index is -0.613. The number of benzene rings is 2. The fourth-order valence-electron chi connectivity index (χ4n) is 3.69. The maximum absolute atomic E-state index is 12.8. The van der Waals surface area contributed by atoms with Gasteiger partial charge in [-0.1, -0.05) is 12.1 Å². The van der Waals surface area contributed by atoms with Crippen LogP contribution in [0.3, 0.4) is 0 Å². The van der Waals surface area contributed by atoms with Crippen molar-refractivity contribution in [2.75, 3.05) is 6.61 Å². The van der Waals surface area contributed by atoms with Crippen LogP contribution in [0.2, 0.25) is 0 Å². The van der Waals surface area contributed by atoms with E-state index in [0.717, 1.165) is 21.7 Å². The van der Waals surface area contributed by atoms with Crippen LogP contribution >= 0.6 is 0 Å². The van der Waals surface area contributed by atoms with Gasteiger partial charge in [-0.3, -0.25) is 14.6 Å². The molecule has 0 unspecified atom stereocenters. The summed E-state index contributed by atoms with van der Waals surface area (Å²) >= 11 is 0. The molecular weight excluding hydrogens is 366 g/mol. The summed E-state index contributed by atoms with van der Waals surface area (Å²) < 4.78 is 5.73. The molecule has 1 amide bonds. The van der Waals surface area contributed by atoms with Crippen LogP contribution in [0.15, 0.2) is 55.0 Å². The molecule has 6 heteroatoms. The number of rotatable bonds is 6. The number of nitrogens with two attached hydrogens (primary N) is 1.